The first kappa shape index (κ1) is 15.8. The minimum Gasteiger partial charge on any atom is -0.300 e. The molecule has 0 radical (unpaired) electrons. The molecule has 0 aliphatic heterocycles. The van der Waals surface area contributed by atoms with Gasteiger partial charge in [0.25, 0.3) is 0 Å². The van der Waals surface area contributed by atoms with Crippen molar-refractivity contribution in [3.63, 3.8) is 0 Å². The molecule has 0 saturated heterocycles. The number of rotatable bonds is 10. The van der Waals surface area contributed by atoms with Gasteiger partial charge >= 0.3 is 0 Å². The van der Waals surface area contributed by atoms with E-state index < -0.39 is 0 Å². The number of hydrogen-bond donors (Lipinski definition) is 1. The van der Waals surface area contributed by atoms with Crippen LogP contribution in [-0.2, 0) is 0 Å². The zero-order valence-electron chi connectivity index (χ0n) is 13.5. The Hall–Kier alpha value is -0.590. The zero-order chi connectivity index (χ0) is 14.6. The summed E-state index contributed by atoms with van der Waals surface area (Å²) in [4.78, 5) is 2.65. The van der Waals surface area contributed by atoms with E-state index in [1.807, 2.05) is 0 Å². The molecule has 1 N–H and O–H groups in total. The summed E-state index contributed by atoms with van der Waals surface area (Å²) in [5, 5.41) is 13.1. The highest BCUT2D eigenvalue weighted by molar-refractivity contribution is 5.09. The molecule has 2 aliphatic carbocycles. The van der Waals surface area contributed by atoms with E-state index in [9.17, 15) is 5.26 Å². The fourth-order valence-corrected chi connectivity index (χ4v) is 3.05. The van der Waals surface area contributed by atoms with Crippen LogP contribution in [-0.4, -0.2) is 35.6 Å². The van der Waals surface area contributed by atoms with Crippen LogP contribution >= 0.6 is 0 Å². The van der Waals surface area contributed by atoms with E-state index >= 15 is 0 Å². The molecule has 0 bridgehead atoms. The first-order valence-corrected chi connectivity index (χ1v) is 8.51. The number of nitrogens with zero attached hydrogens (tertiary/aromatic N) is 2. The third kappa shape index (κ3) is 4.75. The van der Waals surface area contributed by atoms with E-state index in [1.54, 1.807) is 0 Å². The fraction of sp³-hybridized carbons (Fsp3) is 0.941. The Labute approximate surface area is 124 Å². The largest absolute Gasteiger partial charge is 0.300 e. The zero-order valence-corrected chi connectivity index (χ0v) is 13.5. The van der Waals surface area contributed by atoms with Gasteiger partial charge < -0.3 is 4.90 Å². The molecule has 0 aromatic carbocycles. The molecule has 20 heavy (non-hydrogen) atoms. The molecule has 0 aromatic rings. The van der Waals surface area contributed by atoms with Gasteiger partial charge in [-0.05, 0) is 57.4 Å². The van der Waals surface area contributed by atoms with Crippen LogP contribution in [0, 0.1) is 17.2 Å². The van der Waals surface area contributed by atoms with Crippen molar-refractivity contribution in [3.05, 3.63) is 0 Å². The van der Waals surface area contributed by atoms with Crippen LogP contribution in [0.3, 0.4) is 0 Å². The molecule has 1 unspecified atom stereocenters. The molecule has 2 saturated carbocycles. The predicted octanol–water partition coefficient (Wildman–Crippen LogP) is 3.31. The lowest BCUT2D eigenvalue weighted by molar-refractivity contribution is 0.219. The van der Waals surface area contributed by atoms with Crippen LogP contribution in [0.5, 0.6) is 0 Å². The fourth-order valence-electron chi connectivity index (χ4n) is 3.05. The van der Waals surface area contributed by atoms with Gasteiger partial charge in [0.15, 0.2) is 0 Å². The van der Waals surface area contributed by atoms with Crippen LogP contribution in [0.2, 0.25) is 0 Å². The maximum absolute atomic E-state index is 9.56. The van der Waals surface area contributed by atoms with Crippen LogP contribution in [0.25, 0.3) is 0 Å². The summed E-state index contributed by atoms with van der Waals surface area (Å²) >= 11 is 0. The molecule has 0 spiro atoms. The second kappa shape index (κ2) is 6.91. The summed E-state index contributed by atoms with van der Waals surface area (Å²) in [7, 11) is 0. The third-order valence-corrected chi connectivity index (χ3v) is 4.59. The maximum Gasteiger partial charge on any atom is 0.106 e. The van der Waals surface area contributed by atoms with Gasteiger partial charge in [0, 0.05) is 18.6 Å². The Balaban J connectivity index is 1.77. The summed E-state index contributed by atoms with van der Waals surface area (Å²) in [5.41, 5.74) is -0.270. The molecule has 114 valence electrons. The van der Waals surface area contributed by atoms with E-state index in [0.29, 0.717) is 6.04 Å². The van der Waals surface area contributed by atoms with Crippen molar-refractivity contribution in [3.8, 4) is 6.07 Å². The average molecular weight is 277 g/mol. The SMILES string of the molecule is CCC(C#N)(CCCN(CC(C)C)C1CC1)NC1CC1. The van der Waals surface area contributed by atoms with Gasteiger partial charge in [-0.3, -0.25) is 5.32 Å². The molecular weight excluding hydrogens is 246 g/mol. The molecule has 2 rings (SSSR count). The Morgan fingerprint density at radius 2 is 2.00 bits per heavy atom. The minimum atomic E-state index is -0.270. The molecule has 0 aromatic heterocycles. The van der Waals surface area contributed by atoms with E-state index in [1.165, 1.54) is 38.8 Å². The van der Waals surface area contributed by atoms with Crippen molar-refractivity contribution in [2.45, 2.75) is 83.3 Å². The molecule has 2 aliphatic rings. The highest BCUT2D eigenvalue weighted by Gasteiger charge is 2.35. The van der Waals surface area contributed by atoms with Gasteiger partial charge in [-0.1, -0.05) is 20.8 Å². The van der Waals surface area contributed by atoms with E-state index in [0.717, 1.165) is 31.2 Å². The lowest BCUT2D eigenvalue weighted by Crippen LogP contribution is -2.45. The molecule has 3 nitrogen and oxygen atoms in total. The summed E-state index contributed by atoms with van der Waals surface area (Å²) in [6.07, 6.45) is 8.33. The normalized spacial score (nSPS) is 22.0. The average Bonchev–Trinajstić information content (AvgIpc) is 3.28. The number of nitriles is 1. The van der Waals surface area contributed by atoms with Crippen molar-refractivity contribution < 1.29 is 0 Å². The van der Waals surface area contributed by atoms with E-state index in [4.69, 9.17) is 0 Å². The van der Waals surface area contributed by atoms with Crippen molar-refractivity contribution in [1.82, 2.24) is 10.2 Å². The molecule has 0 heterocycles. The topological polar surface area (TPSA) is 39.1 Å². The quantitative estimate of drug-likeness (QED) is 0.666. The van der Waals surface area contributed by atoms with Crippen LogP contribution in [0.15, 0.2) is 0 Å². The van der Waals surface area contributed by atoms with Crippen molar-refractivity contribution in [2.24, 2.45) is 5.92 Å². The van der Waals surface area contributed by atoms with Crippen LogP contribution in [0.1, 0.15) is 65.7 Å². The monoisotopic (exact) mass is 277 g/mol. The Kier molecular flexibility index (Phi) is 5.46. The lowest BCUT2D eigenvalue weighted by Gasteiger charge is -2.29. The van der Waals surface area contributed by atoms with E-state index in [-0.39, 0.29) is 5.54 Å². The molecule has 0 amide bonds. The lowest BCUT2D eigenvalue weighted by atomic mass is 9.91. The summed E-state index contributed by atoms with van der Waals surface area (Å²) in [5.74, 6) is 0.743. The smallest absolute Gasteiger partial charge is 0.106 e. The van der Waals surface area contributed by atoms with Gasteiger partial charge in [0.05, 0.1) is 6.07 Å². The summed E-state index contributed by atoms with van der Waals surface area (Å²) < 4.78 is 0. The van der Waals surface area contributed by atoms with Crippen molar-refractivity contribution >= 4 is 0 Å². The highest BCUT2D eigenvalue weighted by Crippen LogP contribution is 2.30. The summed E-state index contributed by atoms with van der Waals surface area (Å²) in [6.45, 7) is 9.13. The van der Waals surface area contributed by atoms with Gasteiger partial charge in [0.2, 0.25) is 0 Å². The van der Waals surface area contributed by atoms with Crippen molar-refractivity contribution in [2.75, 3.05) is 13.1 Å². The third-order valence-electron chi connectivity index (χ3n) is 4.59. The Morgan fingerprint density at radius 1 is 1.30 bits per heavy atom. The number of hydrogen-bond acceptors (Lipinski definition) is 3. The molecule has 1 atom stereocenters. The van der Waals surface area contributed by atoms with Gasteiger partial charge in [-0.15, -0.1) is 0 Å². The minimum absolute atomic E-state index is 0.270. The first-order valence-electron chi connectivity index (χ1n) is 8.51. The molecule has 2 fully saturated rings. The maximum atomic E-state index is 9.56. The van der Waals surface area contributed by atoms with Gasteiger partial charge in [-0.2, -0.15) is 5.26 Å². The first-order chi connectivity index (χ1) is 9.58. The Morgan fingerprint density at radius 3 is 2.45 bits per heavy atom. The van der Waals surface area contributed by atoms with Gasteiger partial charge in [0.1, 0.15) is 5.54 Å². The van der Waals surface area contributed by atoms with Gasteiger partial charge in [-0.25, -0.2) is 0 Å². The second-order valence-corrected chi connectivity index (χ2v) is 7.19. The van der Waals surface area contributed by atoms with Crippen LogP contribution < -0.4 is 5.32 Å². The predicted molar refractivity (Wildman–Crippen MR) is 83.5 cm³/mol. The standard InChI is InChI=1S/C17H31N3/c1-4-17(13-18,19-15-6-7-15)10-5-11-20(12-14(2)3)16-8-9-16/h14-16,19H,4-12H2,1-3H3. The molecular formula is C17H31N3. The Bertz CT molecular complexity index is 339. The molecule has 3 heteroatoms. The summed E-state index contributed by atoms with van der Waals surface area (Å²) in [6, 6.07) is 4.02. The number of nitrogens with one attached hydrogen (secondary N) is 1. The van der Waals surface area contributed by atoms with Crippen molar-refractivity contribution in [1.29, 1.82) is 5.26 Å². The van der Waals surface area contributed by atoms with Crippen LogP contribution in [0.4, 0.5) is 0 Å². The van der Waals surface area contributed by atoms with E-state index in [2.05, 4.69) is 37.1 Å². The second-order valence-electron chi connectivity index (χ2n) is 7.19. The highest BCUT2D eigenvalue weighted by atomic mass is 15.2.